The molecule has 2 heterocycles. The van der Waals surface area contributed by atoms with E-state index in [1.807, 2.05) is 25.1 Å². The molecule has 22 heavy (non-hydrogen) atoms. The molecule has 3 aromatic rings. The molecule has 0 atom stereocenters. The molecule has 0 aliphatic heterocycles. The van der Waals surface area contributed by atoms with Crippen molar-refractivity contribution in [3.63, 3.8) is 0 Å². The molecule has 0 aliphatic carbocycles. The molecule has 0 fully saturated rings. The van der Waals surface area contributed by atoms with Gasteiger partial charge in [-0.2, -0.15) is 5.26 Å². The number of rotatable bonds is 3. The van der Waals surface area contributed by atoms with E-state index >= 15 is 0 Å². The quantitative estimate of drug-likeness (QED) is 0.780. The van der Waals surface area contributed by atoms with Gasteiger partial charge in [0.05, 0.1) is 17.8 Å². The van der Waals surface area contributed by atoms with Crippen molar-refractivity contribution in [3.8, 4) is 17.4 Å². The van der Waals surface area contributed by atoms with Crippen molar-refractivity contribution < 1.29 is 4.42 Å². The summed E-state index contributed by atoms with van der Waals surface area (Å²) in [5.41, 5.74) is 3.05. The molecule has 2 aromatic heterocycles. The number of halogens is 1. The third-order valence-corrected chi connectivity index (χ3v) is 3.19. The topological polar surface area (TPSA) is 74.7 Å². The summed E-state index contributed by atoms with van der Waals surface area (Å²) in [6.07, 6.45) is 3.25. The molecule has 0 spiro atoms. The van der Waals surface area contributed by atoms with Gasteiger partial charge in [0.15, 0.2) is 5.76 Å². The summed E-state index contributed by atoms with van der Waals surface area (Å²) in [6.45, 7) is 1.99. The zero-order valence-corrected chi connectivity index (χ0v) is 12.4. The highest BCUT2D eigenvalue weighted by molar-refractivity contribution is 6.27. The van der Waals surface area contributed by atoms with E-state index < -0.39 is 0 Å². The Morgan fingerprint density at radius 1 is 1.23 bits per heavy atom. The van der Waals surface area contributed by atoms with Gasteiger partial charge in [0.2, 0.25) is 0 Å². The highest BCUT2D eigenvalue weighted by Gasteiger charge is 2.08. The van der Waals surface area contributed by atoms with Crippen LogP contribution in [0.4, 0.5) is 11.5 Å². The maximum Gasteiger partial charge on any atom is 0.292 e. The molecule has 108 valence electrons. The Hall–Kier alpha value is -2.84. The van der Waals surface area contributed by atoms with Gasteiger partial charge in [-0.25, -0.2) is 9.97 Å². The van der Waals surface area contributed by atoms with Crippen LogP contribution in [0.25, 0.3) is 11.3 Å². The Bertz CT molecular complexity index is 867. The number of nitriles is 1. The molecule has 5 nitrogen and oxygen atoms in total. The fourth-order valence-electron chi connectivity index (χ4n) is 2.05. The minimum atomic E-state index is 0.0622. The summed E-state index contributed by atoms with van der Waals surface area (Å²) in [4.78, 5) is 8.10. The number of nitrogens with one attached hydrogen (secondary N) is 1. The van der Waals surface area contributed by atoms with Gasteiger partial charge >= 0.3 is 0 Å². The molecule has 0 saturated heterocycles. The molecule has 0 aliphatic rings. The molecule has 1 N–H and O–H groups in total. The predicted molar refractivity (Wildman–Crippen MR) is 83.9 cm³/mol. The zero-order chi connectivity index (χ0) is 15.5. The molecule has 0 radical (unpaired) electrons. The summed E-state index contributed by atoms with van der Waals surface area (Å²) >= 11 is 5.70. The van der Waals surface area contributed by atoms with Crippen LogP contribution >= 0.6 is 11.6 Å². The van der Waals surface area contributed by atoms with E-state index in [9.17, 15) is 5.26 Å². The molecular formula is C16H11ClN4O. The van der Waals surface area contributed by atoms with Crippen molar-refractivity contribution in [1.29, 1.82) is 5.26 Å². The van der Waals surface area contributed by atoms with Crippen molar-refractivity contribution in [3.05, 3.63) is 59.2 Å². The van der Waals surface area contributed by atoms with Crippen molar-refractivity contribution in [2.24, 2.45) is 0 Å². The van der Waals surface area contributed by atoms with Crippen LogP contribution in [0.5, 0.6) is 0 Å². The van der Waals surface area contributed by atoms with Gasteiger partial charge in [0.25, 0.3) is 5.35 Å². The molecule has 0 amide bonds. The van der Waals surface area contributed by atoms with E-state index in [0.29, 0.717) is 22.7 Å². The van der Waals surface area contributed by atoms with Crippen LogP contribution in [0.15, 0.2) is 47.1 Å². The second kappa shape index (κ2) is 5.88. The normalized spacial score (nSPS) is 10.2. The van der Waals surface area contributed by atoms with E-state index in [1.165, 1.54) is 6.20 Å². The van der Waals surface area contributed by atoms with Crippen LogP contribution in [-0.4, -0.2) is 9.97 Å². The molecule has 6 heteroatoms. The minimum Gasteiger partial charge on any atom is -0.428 e. The first-order valence-corrected chi connectivity index (χ1v) is 6.88. The number of hydrogen-bond donors (Lipinski definition) is 1. The monoisotopic (exact) mass is 310 g/mol. The third-order valence-electron chi connectivity index (χ3n) is 3.01. The second-order valence-corrected chi connectivity index (χ2v) is 5.06. The number of anilines is 2. The van der Waals surface area contributed by atoms with Crippen molar-refractivity contribution >= 4 is 23.1 Å². The molecule has 3 rings (SSSR count). The van der Waals surface area contributed by atoms with Gasteiger partial charge < -0.3 is 9.73 Å². The molecule has 1 aromatic carbocycles. The summed E-state index contributed by atoms with van der Waals surface area (Å²) in [5, 5.41) is 12.4. The van der Waals surface area contributed by atoms with E-state index in [1.54, 1.807) is 18.3 Å². The summed E-state index contributed by atoms with van der Waals surface area (Å²) in [5.74, 6) is 1.21. The Labute approximate surface area is 132 Å². The third kappa shape index (κ3) is 3.08. The fraction of sp³-hybridized carbons (Fsp3) is 0.0625. The van der Waals surface area contributed by atoms with E-state index in [0.717, 1.165) is 11.3 Å². The van der Waals surface area contributed by atoms with Crippen LogP contribution in [-0.2, 0) is 0 Å². The maximum atomic E-state index is 9.18. The van der Waals surface area contributed by atoms with Gasteiger partial charge in [0.1, 0.15) is 5.82 Å². The number of pyridine rings is 1. The molecule has 0 unspecified atom stereocenters. The van der Waals surface area contributed by atoms with Gasteiger partial charge in [0, 0.05) is 17.4 Å². The Morgan fingerprint density at radius 3 is 2.77 bits per heavy atom. The average Bonchev–Trinajstić information content (AvgIpc) is 2.93. The predicted octanol–water partition coefficient (Wildman–Crippen LogP) is 4.31. The highest BCUT2D eigenvalue weighted by atomic mass is 35.5. The van der Waals surface area contributed by atoms with Crippen LogP contribution < -0.4 is 5.32 Å². The number of oxazole rings is 1. The first kappa shape index (κ1) is 14.1. The second-order valence-electron chi connectivity index (χ2n) is 4.73. The lowest BCUT2D eigenvalue weighted by Gasteiger charge is -2.08. The standard InChI is InChI=1S/C16H11ClN4O/c1-10-2-3-19-15(4-10)21-13-6-11(8-18)5-12(7-13)14-9-20-16(17)22-14/h2-7,9H,1H3,(H,19,21). The lowest BCUT2D eigenvalue weighted by Crippen LogP contribution is -1.95. The number of hydrogen-bond acceptors (Lipinski definition) is 5. The Morgan fingerprint density at radius 2 is 2.09 bits per heavy atom. The minimum absolute atomic E-state index is 0.0622. The van der Waals surface area contributed by atoms with E-state index in [4.69, 9.17) is 16.0 Å². The first-order chi connectivity index (χ1) is 10.6. The summed E-state index contributed by atoms with van der Waals surface area (Å²) < 4.78 is 5.29. The lowest BCUT2D eigenvalue weighted by atomic mass is 10.1. The van der Waals surface area contributed by atoms with Crippen LogP contribution in [0, 0.1) is 18.3 Å². The van der Waals surface area contributed by atoms with Crippen molar-refractivity contribution in [2.45, 2.75) is 6.92 Å². The van der Waals surface area contributed by atoms with Gasteiger partial charge in [-0.15, -0.1) is 0 Å². The average molecular weight is 311 g/mol. The fourth-order valence-corrected chi connectivity index (χ4v) is 2.18. The van der Waals surface area contributed by atoms with E-state index in [2.05, 4.69) is 21.4 Å². The first-order valence-electron chi connectivity index (χ1n) is 6.50. The number of aromatic nitrogens is 2. The Balaban J connectivity index is 1.99. The molecule has 0 saturated carbocycles. The van der Waals surface area contributed by atoms with Crippen molar-refractivity contribution in [1.82, 2.24) is 9.97 Å². The van der Waals surface area contributed by atoms with E-state index in [-0.39, 0.29) is 5.35 Å². The van der Waals surface area contributed by atoms with Crippen LogP contribution in [0.1, 0.15) is 11.1 Å². The van der Waals surface area contributed by atoms with Gasteiger partial charge in [-0.1, -0.05) is 0 Å². The molecule has 0 bridgehead atoms. The summed E-state index contributed by atoms with van der Waals surface area (Å²) in [7, 11) is 0. The largest absolute Gasteiger partial charge is 0.428 e. The van der Waals surface area contributed by atoms with Crippen molar-refractivity contribution in [2.75, 3.05) is 5.32 Å². The lowest BCUT2D eigenvalue weighted by molar-refractivity contribution is 0.574. The molecular weight excluding hydrogens is 300 g/mol. The number of aryl methyl sites for hydroxylation is 1. The maximum absolute atomic E-state index is 9.18. The number of nitrogens with zero attached hydrogens (tertiary/aromatic N) is 3. The SMILES string of the molecule is Cc1ccnc(Nc2cc(C#N)cc(-c3cnc(Cl)o3)c2)c1. The van der Waals surface area contributed by atoms with Gasteiger partial charge in [-0.05, 0) is 54.4 Å². The Kier molecular flexibility index (Phi) is 3.77. The zero-order valence-electron chi connectivity index (χ0n) is 11.7. The van der Waals surface area contributed by atoms with Gasteiger partial charge in [-0.3, -0.25) is 0 Å². The van der Waals surface area contributed by atoms with Crippen LogP contribution in [0.3, 0.4) is 0 Å². The highest BCUT2D eigenvalue weighted by Crippen LogP contribution is 2.28. The summed E-state index contributed by atoms with van der Waals surface area (Å²) in [6, 6.07) is 11.3. The smallest absolute Gasteiger partial charge is 0.292 e. The van der Waals surface area contributed by atoms with Crippen LogP contribution in [0.2, 0.25) is 5.35 Å². The number of benzene rings is 1.